The molecule has 1 aromatic carbocycles. The second-order valence-electron chi connectivity index (χ2n) is 8.96. The molecule has 35 heavy (non-hydrogen) atoms. The predicted molar refractivity (Wildman–Crippen MR) is 119 cm³/mol. The first-order valence-electron chi connectivity index (χ1n) is 12.2. The van der Waals surface area contributed by atoms with Crippen LogP contribution in [0.4, 0.5) is 26.3 Å². The minimum absolute atomic E-state index is 0.0378. The number of amides is 1. The number of halogens is 6. The van der Waals surface area contributed by atoms with Crippen molar-refractivity contribution < 1.29 is 40.7 Å². The molecule has 1 aliphatic heterocycles. The van der Waals surface area contributed by atoms with E-state index in [2.05, 4.69) is 6.92 Å². The van der Waals surface area contributed by atoms with Crippen molar-refractivity contribution >= 4 is 11.9 Å². The van der Waals surface area contributed by atoms with E-state index in [1.54, 1.807) is 0 Å². The van der Waals surface area contributed by atoms with Gasteiger partial charge in [0.2, 0.25) is 0 Å². The molecule has 0 aliphatic carbocycles. The van der Waals surface area contributed by atoms with E-state index in [-0.39, 0.29) is 38.1 Å². The molecule has 1 aromatic rings. The summed E-state index contributed by atoms with van der Waals surface area (Å²) in [6.07, 6.45) is -0.665. The number of carbonyl (C=O) groups is 2. The highest BCUT2D eigenvalue weighted by molar-refractivity contribution is 5.96. The molecule has 0 atom stereocenters. The van der Waals surface area contributed by atoms with Gasteiger partial charge in [0.15, 0.2) is 0 Å². The number of rotatable bonds is 11. The number of piperidine rings is 1. The first kappa shape index (κ1) is 29.0. The van der Waals surface area contributed by atoms with Gasteiger partial charge in [-0.3, -0.25) is 9.59 Å². The topological polar surface area (TPSA) is 46.6 Å². The molecule has 0 radical (unpaired) electrons. The Morgan fingerprint density at radius 1 is 0.886 bits per heavy atom. The smallest absolute Gasteiger partial charge is 0.417 e. The number of alkyl halides is 6. The lowest BCUT2D eigenvalue weighted by atomic mass is 9.95. The third kappa shape index (κ3) is 9.04. The van der Waals surface area contributed by atoms with Crippen molar-refractivity contribution in [1.82, 2.24) is 4.90 Å². The van der Waals surface area contributed by atoms with Gasteiger partial charge in [0.25, 0.3) is 5.91 Å². The number of benzene rings is 1. The van der Waals surface area contributed by atoms with E-state index in [1.165, 1.54) is 25.7 Å². The number of esters is 1. The van der Waals surface area contributed by atoms with Crippen LogP contribution in [0.1, 0.15) is 92.6 Å². The largest absolute Gasteiger partial charge is 0.465 e. The van der Waals surface area contributed by atoms with Crippen LogP contribution >= 0.6 is 0 Å². The molecule has 0 unspecified atom stereocenters. The summed E-state index contributed by atoms with van der Waals surface area (Å²) < 4.78 is 84.3. The lowest BCUT2D eigenvalue weighted by Crippen LogP contribution is -2.41. The van der Waals surface area contributed by atoms with Crippen LogP contribution in [0.5, 0.6) is 0 Å². The van der Waals surface area contributed by atoms with Crippen molar-refractivity contribution in [3.05, 3.63) is 34.9 Å². The second kappa shape index (κ2) is 13.2. The van der Waals surface area contributed by atoms with E-state index in [9.17, 15) is 35.9 Å². The van der Waals surface area contributed by atoms with Gasteiger partial charge in [0.05, 0.1) is 29.2 Å². The molecule has 198 valence electrons. The molecule has 1 saturated heterocycles. The summed E-state index contributed by atoms with van der Waals surface area (Å²) >= 11 is 0. The van der Waals surface area contributed by atoms with Gasteiger partial charge in [0, 0.05) is 13.1 Å². The summed E-state index contributed by atoms with van der Waals surface area (Å²) in [7, 11) is 0. The highest BCUT2D eigenvalue weighted by Crippen LogP contribution is 2.37. The van der Waals surface area contributed by atoms with Crippen molar-refractivity contribution in [2.24, 2.45) is 5.92 Å². The fourth-order valence-electron chi connectivity index (χ4n) is 4.16. The van der Waals surface area contributed by atoms with E-state index in [0.717, 1.165) is 30.6 Å². The Hall–Kier alpha value is -2.26. The van der Waals surface area contributed by atoms with Crippen molar-refractivity contribution in [2.45, 2.75) is 83.5 Å². The molecule has 0 saturated carbocycles. The molecule has 1 amide bonds. The van der Waals surface area contributed by atoms with Gasteiger partial charge in [-0.05, 0) is 37.5 Å². The Bertz CT molecular complexity index is 829. The van der Waals surface area contributed by atoms with E-state index < -0.39 is 46.8 Å². The third-order valence-electron chi connectivity index (χ3n) is 6.24. The normalized spacial score (nSPS) is 15.3. The number of ether oxygens (including phenoxy) is 1. The first-order chi connectivity index (χ1) is 16.4. The first-order valence-corrected chi connectivity index (χ1v) is 12.2. The number of nitrogens with zero attached hydrogens (tertiary/aromatic N) is 1. The van der Waals surface area contributed by atoms with Crippen molar-refractivity contribution in [1.29, 1.82) is 0 Å². The maximum atomic E-state index is 13.3. The van der Waals surface area contributed by atoms with E-state index in [1.807, 2.05) is 0 Å². The zero-order valence-electron chi connectivity index (χ0n) is 19.9. The summed E-state index contributed by atoms with van der Waals surface area (Å²) in [6.45, 7) is 2.38. The van der Waals surface area contributed by atoms with Crippen LogP contribution in [0, 0.1) is 5.92 Å². The van der Waals surface area contributed by atoms with Gasteiger partial charge in [0.1, 0.15) is 0 Å². The lowest BCUT2D eigenvalue weighted by molar-refractivity contribution is -0.150. The summed E-state index contributed by atoms with van der Waals surface area (Å²) in [6, 6.07) is 0.842. The number of unbranched alkanes of at least 4 members (excludes halogenated alkanes) is 7. The Morgan fingerprint density at radius 2 is 1.46 bits per heavy atom. The van der Waals surface area contributed by atoms with Crippen LogP contribution in [0.2, 0.25) is 0 Å². The maximum Gasteiger partial charge on any atom is 0.417 e. The quantitative estimate of drug-likeness (QED) is 0.179. The molecule has 2 rings (SSSR count). The van der Waals surface area contributed by atoms with Crippen LogP contribution in [0.15, 0.2) is 18.2 Å². The van der Waals surface area contributed by atoms with Gasteiger partial charge < -0.3 is 9.64 Å². The molecule has 1 heterocycles. The zero-order valence-corrected chi connectivity index (χ0v) is 19.9. The SMILES string of the molecule is CCCCCCCCCCOC(=O)C1CCN(C(=O)c2cc(C(F)(F)F)ccc2C(F)(F)F)CC1. The van der Waals surface area contributed by atoms with Crippen LogP contribution in [0.25, 0.3) is 0 Å². The summed E-state index contributed by atoms with van der Waals surface area (Å²) in [5, 5.41) is 0. The summed E-state index contributed by atoms with van der Waals surface area (Å²) in [4.78, 5) is 26.1. The van der Waals surface area contributed by atoms with Crippen molar-refractivity contribution in [2.75, 3.05) is 19.7 Å². The van der Waals surface area contributed by atoms with Crippen LogP contribution in [0.3, 0.4) is 0 Å². The minimum atomic E-state index is -4.98. The van der Waals surface area contributed by atoms with Gasteiger partial charge in [-0.1, -0.05) is 51.9 Å². The molecule has 0 aromatic heterocycles. The van der Waals surface area contributed by atoms with Gasteiger partial charge in [-0.15, -0.1) is 0 Å². The highest BCUT2D eigenvalue weighted by atomic mass is 19.4. The molecule has 10 heteroatoms. The average molecular weight is 510 g/mol. The number of likely N-dealkylation sites (tertiary alicyclic amines) is 1. The highest BCUT2D eigenvalue weighted by Gasteiger charge is 2.40. The van der Waals surface area contributed by atoms with Gasteiger partial charge >= 0.3 is 18.3 Å². The van der Waals surface area contributed by atoms with Gasteiger partial charge in [-0.2, -0.15) is 26.3 Å². The van der Waals surface area contributed by atoms with Crippen molar-refractivity contribution in [3.63, 3.8) is 0 Å². The number of carbonyl (C=O) groups excluding carboxylic acids is 2. The molecule has 4 nitrogen and oxygen atoms in total. The molecule has 0 N–H and O–H groups in total. The van der Waals surface area contributed by atoms with Crippen LogP contribution in [-0.4, -0.2) is 36.5 Å². The van der Waals surface area contributed by atoms with Crippen LogP contribution < -0.4 is 0 Å². The average Bonchev–Trinajstić information content (AvgIpc) is 2.81. The summed E-state index contributed by atoms with van der Waals surface area (Å²) in [5.74, 6) is -2.03. The maximum absolute atomic E-state index is 13.3. The fourth-order valence-corrected chi connectivity index (χ4v) is 4.16. The Labute approximate surface area is 202 Å². The Morgan fingerprint density at radius 3 is 2.00 bits per heavy atom. The third-order valence-corrected chi connectivity index (χ3v) is 6.24. The van der Waals surface area contributed by atoms with E-state index in [0.29, 0.717) is 12.7 Å². The molecular formula is C25H33F6NO3. The molecular weight excluding hydrogens is 476 g/mol. The lowest BCUT2D eigenvalue weighted by Gasteiger charge is -2.31. The van der Waals surface area contributed by atoms with E-state index >= 15 is 0 Å². The standard InChI is InChI=1S/C25H33F6NO3/c1-2-3-4-5-6-7-8-9-16-35-23(34)18-12-14-32(15-13-18)22(33)20-17-19(24(26,27)28)10-11-21(20)25(29,30)31/h10-11,17-18H,2-9,12-16H2,1H3. The monoisotopic (exact) mass is 509 g/mol. The fraction of sp³-hybridized carbons (Fsp3) is 0.680. The summed E-state index contributed by atoms with van der Waals surface area (Å²) in [5.41, 5.74) is -3.78. The minimum Gasteiger partial charge on any atom is -0.465 e. The van der Waals surface area contributed by atoms with Crippen molar-refractivity contribution in [3.8, 4) is 0 Å². The van der Waals surface area contributed by atoms with E-state index in [4.69, 9.17) is 4.74 Å². The second-order valence-corrected chi connectivity index (χ2v) is 8.96. The van der Waals surface area contributed by atoms with Crippen LogP contribution in [-0.2, 0) is 21.9 Å². The molecule has 1 fully saturated rings. The predicted octanol–water partition coefficient (Wildman–Crippen LogP) is 7.26. The molecule has 0 bridgehead atoms. The zero-order chi connectivity index (χ0) is 26.1. The Balaban J connectivity index is 1.85. The van der Waals surface area contributed by atoms with Gasteiger partial charge in [-0.25, -0.2) is 0 Å². The molecule has 0 spiro atoms. The molecule has 1 aliphatic rings. The number of hydrogen-bond donors (Lipinski definition) is 0. The Kier molecular flexibility index (Phi) is 10.9. The number of hydrogen-bond acceptors (Lipinski definition) is 3.